The molecule has 0 spiro atoms. The molecule has 1 heterocycles. The lowest BCUT2D eigenvalue weighted by atomic mass is 10.1. The number of carbonyl (C=O) groups excluding carboxylic acids is 2. The topological polar surface area (TPSA) is 72.2 Å². The van der Waals surface area contributed by atoms with Gasteiger partial charge in [-0.1, -0.05) is 19.9 Å². The van der Waals surface area contributed by atoms with Gasteiger partial charge in [0.15, 0.2) is 17.3 Å². The summed E-state index contributed by atoms with van der Waals surface area (Å²) in [5.41, 5.74) is 0.938. The van der Waals surface area contributed by atoms with Crippen molar-refractivity contribution in [2.24, 2.45) is 0 Å². The highest BCUT2D eigenvalue weighted by Gasteiger charge is 2.21. The van der Waals surface area contributed by atoms with Crippen LogP contribution in [0.1, 0.15) is 42.8 Å². The Hall–Kier alpha value is -2.96. The highest BCUT2D eigenvalue weighted by Crippen LogP contribution is 2.28. The van der Waals surface area contributed by atoms with Crippen LogP contribution in [0.5, 0.6) is 11.5 Å². The lowest BCUT2D eigenvalue weighted by molar-refractivity contribution is -0.132. The zero-order valence-electron chi connectivity index (χ0n) is 17.6. The van der Waals surface area contributed by atoms with Gasteiger partial charge in [0.1, 0.15) is 0 Å². The normalized spacial score (nSPS) is 10.5. The largest absolute Gasteiger partial charge is 0.493 e. The van der Waals surface area contributed by atoms with Crippen molar-refractivity contribution in [2.75, 3.05) is 33.9 Å². The molecular weight excluding hydrogens is 372 g/mol. The predicted molar refractivity (Wildman–Crippen MR) is 110 cm³/mol. The highest BCUT2D eigenvalue weighted by atomic mass is 16.5. The summed E-state index contributed by atoms with van der Waals surface area (Å²) in [6.45, 7) is 5.68. The Morgan fingerprint density at radius 2 is 1.90 bits per heavy atom. The molecule has 0 saturated carbocycles. The fourth-order valence-corrected chi connectivity index (χ4v) is 2.89. The van der Waals surface area contributed by atoms with Crippen LogP contribution in [0.2, 0.25) is 0 Å². The van der Waals surface area contributed by atoms with E-state index in [1.165, 1.54) is 11.2 Å². The first-order valence-electron chi connectivity index (χ1n) is 9.86. The zero-order valence-corrected chi connectivity index (χ0v) is 17.6. The fraction of sp³-hybridized carbons (Fsp3) is 0.455. The smallest absolute Gasteiger partial charge is 0.289 e. The zero-order chi connectivity index (χ0) is 21.2. The monoisotopic (exact) mass is 402 g/mol. The number of hydrogen-bond acceptors (Lipinski definition) is 5. The summed E-state index contributed by atoms with van der Waals surface area (Å²) in [7, 11) is 3.19. The molecule has 0 atom stereocenters. The second kappa shape index (κ2) is 11.1. The number of carbonyl (C=O) groups is 2. The molecule has 0 bridgehead atoms. The van der Waals surface area contributed by atoms with Crippen LogP contribution >= 0.6 is 0 Å². The molecular formula is C22H30N2O5. The van der Waals surface area contributed by atoms with Crippen LogP contribution in [0.15, 0.2) is 41.0 Å². The van der Waals surface area contributed by atoms with Crippen LogP contribution in [0, 0.1) is 0 Å². The molecule has 0 aliphatic carbocycles. The Labute approximate surface area is 172 Å². The minimum Gasteiger partial charge on any atom is -0.493 e. The van der Waals surface area contributed by atoms with E-state index in [0.717, 1.165) is 18.4 Å². The molecule has 2 amide bonds. The summed E-state index contributed by atoms with van der Waals surface area (Å²) in [4.78, 5) is 28.3. The molecule has 7 heteroatoms. The van der Waals surface area contributed by atoms with Crippen molar-refractivity contribution in [3.05, 3.63) is 47.9 Å². The van der Waals surface area contributed by atoms with Gasteiger partial charge in [-0.15, -0.1) is 0 Å². The molecule has 158 valence electrons. The van der Waals surface area contributed by atoms with Crippen LogP contribution in [0.25, 0.3) is 0 Å². The number of ether oxygens (including phenoxy) is 2. The molecule has 0 saturated heterocycles. The van der Waals surface area contributed by atoms with Crippen molar-refractivity contribution < 1.29 is 23.5 Å². The number of amides is 2. The Kier molecular flexibility index (Phi) is 8.58. The van der Waals surface area contributed by atoms with Crippen LogP contribution in [-0.4, -0.2) is 55.5 Å². The predicted octanol–water partition coefficient (Wildman–Crippen LogP) is 3.59. The first kappa shape index (κ1) is 22.3. The molecule has 0 fully saturated rings. The van der Waals surface area contributed by atoms with Crippen LogP contribution < -0.4 is 9.47 Å². The minimum absolute atomic E-state index is 0.0195. The summed E-state index contributed by atoms with van der Waals surface area (Å²) in [5.74, 6) is 1.10. The van der Waals surface area contributed by atoms with Crippen molar-refractivity contribution in [2.45, 2.75) is 33.2 Å². The third-order valence-electron chi connectivity index (χ3n) is 4.36. The first-order chi connectivity index (χ1) is 14.0. The molecule has 0 aliphatic rings. The average Bonchev–Trinajstić information content (AvgIpc) is 3.26. The summed E-state index contributed by atoms with van der Waals surface area (Å²) in [6, 6.07) is 8.92. The highest BCUT2D eigenvalue weighted by molar-refractivity contribution is 5.94. The van der Waals surface area contributed by atoms with E-state index >= 15 is 0 Å². The average molecular weight is 402 g/mol. The van der Waals surface area contributed by atoms with Gasteiger partial charge in [-0.3, -0.25) is 9.59 Å². The first-order valence-corrected chi connectivity index (χ1v) is 9.86. The second-order valence-electron chi connectivity index (χ2n) is 6.79. The van der Waals surface area contributed by atoms with Gasteiger partial charge in [-0.25, -0.2) is 0 Å². The molecule has 0 N–H and O–H groups in total. The van der Waals surface area contributed by atoms with E-state index in [-0.39, 0.29) is 24.1 Å². The molecule has 7 nitrogen and oxygen atoms in total. The Bertz CT molecular complexity index is 789. The van der Waals surface area contributed by atoms with E-state index < -0.39 is 0 Å². The summed E-state index contributed by atoms with van der Waals surface area (Å²) in [6.07, 6.45) is 3.16. The standard InChI is InChI=1S/C22H30N2O5/c1-5-11-24(21(25)16-23(3)22(26)19-8-7-13-29-19)15-17-9-10-18(28-12-6-2)20(14-17)27-4/h7-10,13-14H,5-6,11-12,15-16H2,1-4H3. The lowest BCUT2D eigenvalue weighted by Gasteiger charge is -2.25. The third kappa shape index (κ3) is 6.27. The molecule has 0 aliphatic heterocycles. The van der Waals surface area contributed by atoms with Gasteiger partial charge in [0.05, 0.1) is 26.5 Å². The fourth-order valence-electron chi connectivity index (χ4n) is 2.89. The van der Waals surface area contributed by atoms with Gasteiger partial charge in [0.25, 0.3) is 5.91 Å². The lowest BCUT2D eigenvalue weighted by Crippen LogP contribution is -2.41. The maximum absolute atomic E-state index is 12.8. The van der Waals surface area contributed by atoms with Gasteiger partial charge in [-0.2, -0.15) is 0 Å². The van der Waals surface area contributed by atoms with Crippen LogP contribution in [0.3, 0.4) is 0 Å². The number of rotatable bonds is 11. The van der Waals surface area contributed by atoms with E-state index in [0.29, 0.717) is 31.2 Å². The Morgan fingerprint density at radius 1 is 1.10 bits per heavy atom. The van der Waals surface area contributed by atoms with Crippen LogP contribution in [-0.2, 0) is 11.3 Å². The molecule has 0 radical (unpaired) electrons. The SMILES string of the molecule is CCCOc1ccc(CN(CCC)C(=O)CN(C)C(=O)c2ccco2)cc1OC. The number of benzene rings is 1. The van der Waals surface area contributed by atoms with E-state index in [4.69, 9.17) is 13.9 Å². The van der Waals surface area contributed by atoms with E-state index in [1.807, 2.05) is 32.0 Å². The minimum atomic E-state index is -0.320. The van der Waals surface area contributed by atoms with Gasteiger partial charge < -0.3 is 23.7 Å². The quantitative estimate of drug-likeness (QED) is 0.574. The van der Waals surface area contributed by atoms with Gasteiger partial charge in [-0.05, 0) is 42.7 Å². The van der Waals surface area contributed by atoms with E-state index in [9.17, 15) is 9.59 Å². The van der Waals surface area contributed by atoms with E-state index in [1.54, 1.807) is 31.2 Å². The Balaban J connectivity index is 2.06. The number of nitrogens with zero attached hydrogens (tertiary/aromatic N) is 2. The maximum Gasteiger partial charge on any atom is 0.289 e. The number of hydrogen-bond donors (Lipinski definition) is 0. The number of likely N-dealkylation sites (N-methyl/N-ethyl adjacent to an activating group) is 1. The van der Waals surface area contributed by atoms with Crippen molar-refractivity contribution >= 4 is 11.8 Å². The van der Waals surface area contributed by atoms with Crippen molar-refractivity contribution in [3.8, 4) is 11.5 Å². The number of furan rings is 1. The van der Waals surface area contributed by atoms with Gasteiger partial charge in [0, 0.05) is 20.1 Å². The van der Waals surface area contributed by atoms with Crippen molar-refractivity contribution in [3.63, 3.8) is 0 Å². The van der Waals surface area contributed by atoms with Crippen molar-refractivity contribution in [1.29, 1.82) is 0 Å². The van der Waals surface area contributed by atoms with Crippen molar-refractivity contribution in [1.82, 2.24) is 9.80 Å². The molecule has 2 rings (SSSR count). The van der Waals surface area contributed by atoms with Gasteiger partial charge >= 0.3 is 0 Å². The molecule has 1 aromatic heterocycles. The maximum atomic E-state index is 12.8. The summed E-state index contributed by atoms with van der Waals surface area (Å²) in [5, 5.41) is 0. The third-order valence-corrected chi connectivity index (χ3v) is 4.36. The second-order valence-corrected chi connectivity index (χ2v) is 6.79. The molecule has 29 heavy (non-hydrogen) atoms. The Morgan fingerprint density at radius 3 is 2.52 bits per heavy atom. The van der Waals surface area contributed by atoms with Gasteiger partial charge in [0.2, 0.25) is 5.91 Å². The molecule has 1 aromatic carbocycles. The summed E-state index contributed by atoms with van der Waals surface area (Å²) >= 11 is 0. The van der Waals surface area contributed by atoms with Crippen LogP contribution in [0.4, 0.5) is 0 Å². The number of methoxy groups -OCH3 is 1. The summed E-state index contributed by atoms with van der Waals surface area (Å²) < 4.78 is 16.2. The van der Waals surface area contributed by atoms with E-state index in [2.05, 4.69) is 0 Å². The molecule has 0 unspecified atom stereocenters. The molecule has 2 aromatic rings.